The van der Waals surface area contributed by atoms with Crippen molar-refractivity contribution in [3.8, 4) is 5.75 Å². The van der Waals surface area contributed by atoms with Gasteiger partial charge < -0.3 is 10.1 Å². The number of rotatable bonds is 0. The molecule has 0 aromatic heterocycles. The largest absolute Gasteiger partial charge is 0.480 e. The third-order valence-corrected chi connectivity index (χ3v) is 2.65. The Hall–Kier alpha value is -1.28. The maximum Gasteiger partial charge on any atom is 0.152 e. The molecule has 1 fully saturated rings. The third kappa shape index (κ3) is 0.988. The van der Waals surface area contributed by atoms with Crippen molar-refractivity contribution in [3.63, 3.8) is 0 Å². The molecule has 0 unspecified atom stereocenters. The van der Waals surface area contributed by atoms with Crippen LogP contribution < -0.4 is 10.1 Å². The lowest BCUT2D eigenvalue weighted by Gasteiger charge is -2.42. The van der Waals surface area contributed by atoms with Crippen molar-refractivity contribution < 1.29 is 4.74 Å². The van der Waals surface area contributed by atoms with E-state index in [1.54, 1.807) is 0 Å². The normalized spacial score (nSPS) is 21.8. The molecule has 66 valence electrons. The van der Waals surface area contributed by atoms with Crippen LogP contribution in [0.2, 0.25) is 0 Å². The molecule has 2 aliphatic heterocycles. The summed E-state index contributed by atoms with van der Waals surface area (Å²) in [6.07, 6.45) is 4.31. The van der Waals surface area contributed by atoms with Crippen LogP contribution in [0.4, 0.5) is 0 Å². The zero-order valence-electron chi connectivity index (χ0n) is 7.29. The molecule has 0 amide bonds. The zero-order valence-corrected chi connectivity index (χ0v) is 7.29. The van der Waals surface area contributed by atoms with Crippen molar-refractivity contribution in [1.82, 2.24) is 5.32 Å². The van der Waals surface area contributed by atoms with Crippen LogP contribution in [0.5, 0.6) is 5.75 Å². The highest BCUT2D eigenvalue weighted by molar-refractivity contribution is 5.61. The van der Waals surface area contributed by atoms with Crippen LogP contribution in [-0.4, -0.2) is 18.7 Å². The van der Waals surface area contributed by atoms with Gasteiger partial charge in [0, 0.05) is 18.7 Å². The standard InChI is InChI=1S/C11H11NO/c1-2-4-10-9(3-1)5-6-11(13-10)7-12-8-11/h1-6,12H,7-8H2. The molecule has 2 heterocycles. The predicted molar refractivity (Wildman–Crippen MR) is 51.7 cm³/mol. The highest BCUT2D eigenvalue weighted by atomic mass is 16.5. The summed E-state index contributed by atoms with van der Waals surface area (Å²) in [7, 11) is 0. The van der Waals surface area contributed by atoms with Gasteiger partial charge in [0.15, 0.2) is 5.60 Å². The van der Waals surface area contributed by atoms with E-state index in [4.69, 9.17) is 4.74 Å². The van der Waals surface area contributed by atoms with Gasteiger partial charge in [0.2, 0.25) is 0 Å². The van der Waals surface area contributed by atoms with E-state index in [9.17, 15) is 0 Å². The molecule has 0 atom stereocenters. The molecule has 0 saturated carbocycles. The summed E-state index contributed by atoms with van der Waals surface area (Å²) in [6.45, 7) is 1.86. The van der Waals surface area contributed by atoms with Gasteiger partial charge in [0.05, 0.1) is 0 Å². The molecule has 0 radical (unpaired) electrons. The Bertz CT molecular complexity index is 366. The van der Waals surface area contributed by atoms with Gasteiger partial charge in [-0.05, 0) is 12.1 Å². The Balaban J connectivity index is 2.03. The molecular weight excluding hydrogens is 162 g/mol. The Morgan fingerprint density at radius 2 is 2.08 bits per heavy atom. The Kier molecular flexibility index (Phi) is 1.30. The SMILES string of the molecule is C1=CC2(CNC2)Oc2ccccc21. The van der Waals surface area contributed by atoms with E-state index in [1.807, 2.05) is 18.2 Å². The molecule has 2 heteroatoms. The van der Waals surface area contributed by atoms with Crippen molar-refractivity contribution in [2.45, 2.75) is 5.60 Å². The molecule has 0 bridgehead atoms. The number of benzene rings is 1. The number of hydrogen-bond acceptors (Lipinski definition) is 2. The summed E-state index contributed by atoms with van der Waals surface area (Å²) in [5.74, 6) is 1.01. The second-order valence-electron chi connectivity index (χ2n) is 3.64. The van der Waals surface area contributed by atoms with E-state index in [1.165, 1.54) is 5.56 Å². The number of ether oxygens (including phenoxy) is 1. The molecule has 1 spiro atoms. The lowest BCUT2D eigenvalue weighted by atomic mass is 9.93. The summed E-state index contributed by atoms with van der Waals surface area (Å²) < 4.78 is 5.91. The van der Waals surface area contributed by atoms with Crippen molar-refractivity contribution in [1.29, 1.82) is 0 Å². The van der Waals surface area contributed by atoms with E-state index in [0.29, 0.717) is 0 Å². The molecular formula is C11H11NO. The summed E-state index contributed by atoms with van der Waals surface area (Å²) in [5.41, 5.74) is 1.13. The summed E-state index contributed by atoms with van der Waals surface area (Å²) in [5, 5.41) is 3.23. The van der Waals surface area contributed by atoms with Gasteiger partial charge in [-0.15, -0.1) is 0 Å². The molecule has 0 aliphatic carbocycles. The summed E-state index contributed by atoms with van der Waals surface area (Å²) in [4.78, 5) is 0. The molecule has 1 aromatic carbocycles. The van der Waals surface area contributed by atoms with Crippen LogP contribution in [0, 0.1) is 0 Å². The van der Waals surface area contributed by atoms with Crippen molar-refractivity contribution in [2.75, 3.05) is 13.1 Å². The van der Waals surface area contributed by atoms with Gasteiger partial charge >= 0.3 is 0 Å². The highest BCUT2D eigenvalue weighted by Gasteiger charge is 2.38. The van der Waals surface area contributed by atoms with Crippen molar-refractivity contribution >= 4 is 6.08 Å². The van der Waals surface area contributed by atoms with E-state index >= 15 is 0 Å². The number of hydrogen-bond donors (Lipinski definition) is 1. The van der Waals surface area contributed by atoms with Gasteiger partial charge in [-0.1, -0.05) is 24.3 Å². The van der Waals surface area contributed by atoms with Crippen LogP contribution in [0.25, 0.3) is 6.08 Å². The quantitative estimate of drug-likeness (QED) is 0.641. The third-order valence-electron chi connectivity index (χ3n) is 2.65. The average Bonchev–Trinajstić information content (AvgIpc) is 2.15. The fourth-order valence-electron chi connectivity index (χ4n) is 1.77. The molecule has 1 aromatic rings. The molecule has 1 saturated heterocycles. The van der Waals surface area contributed by atoms with Gasteiger partial charge in [0.1, 0.15) is 5.75 Å². The first-order chi connectivity index (χ1) is 6.38. The molecule has 1 N–H and O–H groups in total. The van der Waals surface area contributed by atoms with Crippen LogP contribution in [0.1, 0.15) is 5.56 Å². The Morgan fingerprint density at radius 1 is 1.23 bits per heavy atom. The van der Waals surface area contributed by atoms with E-state index in [-0.39, 0.29) is 5.60 Å². The smallest absolute Gasteiger partial charge is 0.152 e. The van der Waals surface area contributed by atoms with Crippen LogP contribution in [-0.2, 0) is 0 Å². The average molecular weight is 173 g/mol. The van der Waals surface area contributed by atoms with Crippen LogP contribution >= 0.6 is 0 Å². The van der Waals surface area contributed by atoms with Gasteiger partial charge in [-0.25, -0.2) is 0 Å². The van der Waals surface area contributed by atoms with E-state index in [2.05, 4.69) is 23.5 Å². The second-order valence-corrected chi connectivity index (χ2v) is 3.64. The minimum atomic E-state index is -0.0473. The monoisotopic (exact) mass is 173 g/mol. The molecule has 2 aliphatic rings. The van der Waals surface area contributed by atoms with Crippen molar-refractivity contribution in [2.24, 2.45) is 0 Å². The fraction of sp³-hybridized carbons (Fsp3) is 0.273. The van der Waals surface area contributed by atoms with E-state index < -0.39 is 0 Å². The fourth-order valence-corrected chi connectivity index (χ4v) is 1.77. The van der Waals surface area contributed by atoms with Crippen molar-refractivity contribution in [3.05, 3.63) is 35.9 Å². The first kappa shape index (κ1) is 7.15. The lowest BCUT2D eigenvalue weighted by molar-refractivity contribution is 0.0615. The minimum absolute atomic E-state index is 0.0473. The molecule has 13 heavy (non-hydrogen) atoms. The molecule has 2 nitrogen and oxygen atoms in total. The Morgan fingerprint density at radius 3 is 2.85 bits per heavy atom. The van der Waals surface area contributed by atoms with Crippen LogP contribution in [0.15, 0.2) is 30.3 Å². The van der Waals surface area contributed by atoms with Gasteiger partial charge in [-0.3, -0.25) is 0 Å². The zero-order chi connectivity index (χ0) is 8.73. The number of para-hydroxylation sites is 1. The first-order valence-electron chi connectivity index (χ1n) is 4.56. The predicted octanol–water partition coefficient (Wildman–Crippen LogP) is 1.43. The number of nitrogens with one attached hydrogen (secondary N) is 1. The molecule has 3 rings (SSSR count). The highest BCUT2D eigenvalue weighted by Crippen LogP contribution is 2.32. The minimum Gasteiger partial charge on any atom is -0.480 e. The maximum atomic E-state index is 5.91. The van der Waals surface area contributed by atoms with Gasteiger partial charge in [0.25, 0.3) is 0 Å². The summed E-state index contributed by atoms with van der Waals surface area (Å²) >= 11 is 0. The lowest BCUT2D eigenvalue weighted by Crippen LogP contribution is -2.62. The van der Waals surface area contributed by atoms with E-state index in [0.717, 1.165) is 18.8 Å². The Labute approximate surface area is 77.2 Å². The maximum absolute atomic E-state index is 5.91. The summed E-state index contributed by atoms with van der Waals surface area (Å²) in [6, 6.07) is 8.14. The van der Waals surface area contributed by atoms with Crippen LogP contribution in [0.3, 0.4) is 0 Å². The van der Waals surface area contributed by atoms with Gasteiger partial charge in [-0.2, -0.15) is 0 Å². The first-order valence-corrected chi connectivity index (χ1v) is 4.56. The second kappa shape index (κ2) is 2.36. The number of fused-ring (bicyclic) bond motifs is 1. The topological polar surface area (TPSA) is 21.3 Å².